The number of hydrogen-bond acceptors (Lipinski definition) is 8. The zero-order valence-electron chi connectivity index (χ0n) is 21.1. The molecule has 0 aliphatic rings. The van der Waals surface area contributed by atoms with Gasteiger partial charge in [-0.2, -0.15) is 5.10 Å². The molecule has 1 atom stereocenters. The highest BCUT2D eigenvalue weighted by atomic mass is 35.5. The van der Waals surface area contributed by atoms with Gasteiger partial charge in [0.2, 0.25) is 0 Å². The minimum Gasteiger partial charge on any atom is -0.497 e. The lowest BCUT2D eigenvalue weighted by Gasteiger charge is -2.28. The molecule has 0 amide bonds. The van der Waals surface area contributed by atoms with E-state index in [0.717, 1.165) is 33.7 Å². The number of ether oxygens (including phenoxy) is 3. The summed E-state index contributed by atoms with van der Waals surface area (Å²) in [4.78, 5) is 11.4. The maximum atomic E-state index is 10.6. The molecule has 2 heterocycles. The molecule has 0 bridgehead atoms. The maximum absolute atomic E-state index is 10.6. The Hall–Kier alpha value is -3.40. The molecular formula is C26H32ClN5O4. The molecule has 2 aromatic carbocycles. The number of methoxy groups -OCH3 is 3. The standard InChI is InChI=1S/C26H31N5O4.ClH/c1-17(2)31-14-18(12-28-31)26-13-27-24-7-6-19(10-25(24)29-26)30(15-21(32)16-33-3)20-8-22(34-4)11-23(9-20)35-5;/h6-14,17,21,32H,15-16H2,1-5H3;1H. The van der Waals surface area contributed by atoms with Crippen LogP contribution in [0.5, 0.6) is 11.5 Å². The van der Waals surface area contributed by atoms with Gasteiger partial charge in [0, 0.05) is 54.5 Å². The van der Waals surface area contributed by atoms with E-state index in [2.05, 4.69) is 23.9 Å². The molecule has 0 saturated carbocycles. The summed E-state index contributed by atoms with van der Waals surface area (Å²) in [5.74, 6) is 1.30. The molecule has 1 unspecified atom stereocenters. The van der Waals surface area contributed by atoms with Crippen LogP contribution in [0.4, 0.5) is 11.4 Å². The van der Waals surface area contributed by atoms with Gasteiger partial charge in [0.1, 0.15) is 11.5 Å². The first-order valence-corrected chi connectivity index (χ1v) is 11.4. The number of benzene rings is 2. The van der Waals surface area contributed by atoms with Crippen molar-refractivity contribution in [3.63, 3.8) is 0 Å². The summed E-state index contributed by atoms with van der Waals surface area (Å²) in [6.07, 6.45) is 4.82. The second-order valence-electron chi connectivity index (χ2n) is 8.52. The van der Waals surface area contributed by atoms with E-state index in [1.54, 1.807) is 33.7 Å². The van der Waals surface area contributed by atoms with Gasteiger partial charge < -0.3 is 24.2 Å². The molecule has 4 rings (SSSR count). The van der Waals surface area contributed by atoms with Gasteiger partial charge in [-0.1, -0.05) is 0 Å². The summed E-state index contributed by atoms with van der Waals surface area (Å²) in [6.45, 7) is 4.66. The number of aliphatic hydroxyl groups excluding tert-OH is 1. The van der Waals surface area contributed by atoms with E-state index >= 15 is 0 Å². The molecule has 0 fully saturated rings. The topological polar surface area (TPSA) is 94.8 Å². The van der Waals surface area contributed by atoms with Crippen molar-refractivity contribution in [1.82, 2.24) is 19.7 Å². The van der Waals surface area contributed by atoms with Gasteiger partial charge in [0.15, 0.2) is 0 Å². The Bertz CT molecular complexity index is 1270. The van der Waals surface area contributed by atoms with Gasteiger partial charge in [-0.25, -0.2) is 4.98 Å². The molecule has 9 nitrogen and oxygen atoms in total. The molecule has 0 radical (unpaired) electrons. The monoisotopic (exact) mass is 513 g/mol. The quantitative estimate of drug-likeness (QED) is 0.327. The lowest BCUT2D eigenvalue weighted by atomic mass is 10.1. The van der Waals surface area contributed by atoms with Crippen molar-refractivity contribution in [3.8, 4) is 22.8 Å². The largest absolute Gasteiger partial charge is 0.497 e. The van der Waals surface area contributed by atoms with Crippen molar-refractivity contribution >= 4 is 34.8 Å². The van der Waals surface area contributed by atoms with Crippen molar-refractivity contribution in [3.05, 3.63) is 55.0 Å². The van der Waals surface area contributed by atoms with Gasteiger partial charge in [-0.05, 0) is 32.0 Å². The van der Waals surface area contributed by atoms with Gasteiger partial charge in [0.25, 0.3) is 0 Å². The van der Waals surface area contributed by atoms with Crippen molar-refractivity contribution in [1.29, 1.82) is 0 Å². The molecule has 1 N–H and O–H groups in total. The average Bonchev–Trinajstić information content (AvgIpc) is 3.37. The van der Waals surface area contributed by atoms with E-state index in [0.29, 0.717) is 18.0 Å². The van der Waals surface area contributed by atoms with Crippen LogP contribution in [0.3, 0.4) is 0 Å². The lowest BCUT2D eigenvalue weighted by Crippen LogP contribution is -2.31. The highest BCUT2D eigenvalue weighted by Crippen LogP contribution is 2.34. The molecule has 2 aromatic heterocycles. The van der Waals surface area contributed by atoms with E-state index in [1.165, 1.54) is 0 Å². The maximum Gasteiger partial charge on any atom is 0.124 e. The number of fused-ring (bicyclic) bond motifs is 1. The zero-order chi connectivity index (χ0) is 24.9. The summed E-state index contributed by atoms with van der Waals surface area (Å²) in [6, 6.07) is 11.7. The summed E-state index contributed by atoms with van der Waals surface area (Å²) >= 11 is 0. The summed E-state index contributed by atoms with van der Waals surface area (Å²) in [5, 5.41) is 15.0. The first-order chi connectivity index (χ1) is 16.9. The van der Waals surface area contributed by atoms with Gasteiger partial charge in [0.05, 0.1) is 62.6 Å². The van der Waals surface area contributed by atoms with Crippen LogP contribution in [0.2, 0.25) is 0 Å². The molecule has 0 spiro atoms. The highest BCUT2D eigenvalue weighted by molar-refractivity contribution is 5.85. The number of anilines is 2. The van der Waals surface area contributed by atoms with Crippen LogP contribution in [0.25, 0.3) is 22.3 Å². The number of halogens is 1. The average molecular weight is 514 g/mol. The molecule has 36 heavy (non-hydrogen) atoms. The van der Waals surface area contributed by atoms with E-state index in [9.17, 15) is 5.11 Å². The SMILES string of the molecule is COCC(O)CN(c1cc(OC)cc(OC)c1)c1ccc2ncc(-c3cnn(C(C)C)c3)nc2c1.Cl. The third kappa shape index (κ3) is 6.04. The Kier molecular flexibility index (Phi) is 9.08. The Morgan fingerprint density at radius 2 is 1.67 bits per heavy atom. The van der Waals surface area contributed by atoms with Crippen LogP contribution in [0.1, 0.15) is 19.9 Å². The molecule has 0 aliphatic heterocycles. The first-order valence-electron chi connectivity index (χ1n) is 11.4. The molecule has 4 aromatic rings. The van der Waals surface area contributed by atoms with Crippen molar-refractivity contribution in [2.24, 2.45) is 0 Å². The minimum absolute atomic E-state index is 0. The predicted octanol–water partition coefficient (Wildman–Crippen LogP) is 4.66. The number of aliphatic hydroxyl groups is 1. The fourth-order valence-corrected chi connectivity index (χ4v) is 3.82. The van der Waals surface area contributed by atoms with Crippen LogP contribution in [-0.2, 0) is 4.74 Å². The number of nitrogens with zero attached hydrogens (tertiary/aromatic N) is 5. The molecular weight excluding hydrogens is 482 g/mol. The summed E-state index contributed by atoms with van der Waals surface area (Å²) < 4.78 is 18.0. The van der Waals surface area contributed by atoms with Crippen molar-refractivity contribution in [2.45, 2.75) is 26.0 Å². The number of rotatable bonds is 10. The number of hydrogen-bond donors (Lipinski definition) is 1. The van der Waals surface area contributed by atoms with E-state index < -0.39 is 6.10 Å². The Labute approximate surface area is 217 Å². The molecule has 0 aliphatic carbocycles. The summed E-state index contributed by atoms with van der Waals surface area (Å²) in [7, 11) is 4.78. The fourth-order valence-electron chi connectivity index (χ4n) is 3.82. The van der Waals surface area contributed by atoms with Crippen molar-refractivity contribution < 1.29 is 19.3 Å². The van der Waals surface area contributed by atoms with Crippen LogP contribution in [0.15, 0.2) is 55.0 Å². The lowest BCUT2D eigenvalue weighted by molar-refractivity contribution is 0.0702. The van der Waals surface area contributed by atoms with Crippen LogP contribution in [0, 0.1) is 0 Å². The van der Waals surface area contributed by atoms with Crippen molar-refractivity contribution in [2.75, 3.05) is 39.4 Å². The van der Waals surface area contributed by atoms with Gasteiger partial charge >= 0.3 is 0 Å². The van der Waals surface area contributed by atoms with E-state index in [1.807, 2.05) is 52.2 Å². The Morgan fingerprint density at radius 1 is 0.944 bits per heavy atom. The van der Waals surface area contributed by atoms with Crippen LogP contribution < -0.4 is 14.4 Å². The van der Waals surface area contributed by atoms with E-state index in [4.69, 9.17) is 19.2 Å². The van der Waals surface area contributed by atoms with Crippen LogP contribution in [-0.4, -0.2) is 65.4 Å². The molecule has 0 saturated heterocycles. The third-order valence-corrected chi connectivity index (χ3v) is 5.66. The molecule has 10 heteroatoms. The highest BCUT2D eigenvalue weighted by Gasteiger charge is 2.18. The summed E-state index contributed by atoms with van der Waals surface area (Å²) in [5.41, 5.74) is 4.80. The van der Waals surface area contributed by atoms with E-state index in [-0.39, 0.29) is 25.1 Å². The first kappa shape index (κ1) is 27.2. The second kappa shape index (κ2) is 12.0. The Morgan fingerprint density at radius 3 is 2.28 bits per heavy atom. The normalized spacial score (nSPS) is 11.9. The predicted molar refractivity (Wildman–Crippen MR) is 143 cm³/mol. The second-order valence-corrected chi connectivity index (χ2v) is 8.52. The zero-order valence-corrected chi connectivity index (χ0v) is 21.9. The van der Waals surface area contributed by atoms with Gasteiger partial charge in [-0.15, -0.1) is 12.4 Å². The van der Waals surface area contributed by atoms with Crippen LogP contribution >= 0.6 is 12.4 Å². The minimum atomic E-state index is -0.716. The fraction of sp³-hybridized carbons (Fsp3) is 0.346. The smallest absolute Gasteiger partial charge is 0.124 e. The number of aromatic nitrogens is 4. The Balaban J connectivity index is 0.00000361. The third-order valence-electron chi connectivity index (χ3n) is 5.66. The molecule has 192 valence electrons. The van der Waals surface area contributed by atoms with Gasteiger partial charge in [-0.3, -0.25) is 9.67 Å².